The number of nitrogens with zero attached hydrogens (tertiary/aromatic N) is 8. The first-order valence-corrected chi connectivity index (χ1v) is 38.8. The number of terminal acetylenes is 3. The number of aromatic nitrogens is 9. The highest BCUT2D eigenvalue weighted by Gasteiger charge is 2.39. The van der Waals surface area contributed by atoms with E-state index in [2.05, 4.69) is 164 Å². The van der Waals surface area contributed by atoms with E-state index in [4.69, 9.17) is 59.2 Å². The zero-order valence-electron chi connectivity index (χ0n) is 49.7. The molecule has 3 unspecified atom stereocenters. The van der Waals surface area contributed by atoms with E-state index in [9.17, 15) is 28.8 Å². The smallest absolute Gasteiger partial charge is 0.324 e. The lowest BCUT2D eigenvalue weighted by atomic mass is 10.1. The molecule has 0 saturated carbocycles. The van der Waals surface area contributed by atoms with Gasteiger partial charge in [0.15, 0.2) is 11.3 Å². The number of aromatic amines is 3. The van der Waals surface area contributed by atoms with E-state index in [1.54, 1.807) is 58.1 Å². The van der Waals surface area contributed by atoms with E-state index in [1.165, 1.54) is 9.80 Å². The van der Waals surface area contributed by atoms with Crippen molar-refractivity contribution in [3.8, 4) is 48.9 Å². The Morgan fingerprint density at radius 1 is 0.567 bits per heavy atom. The third kappa shape index (κ3) is 22.1. The zero-order chi connectivity index (χ0) is 68.6. The average molecular weight is 1720 g/mol. The molecule has 10 heterocycles. The Morgan fingerprint density at radius 3 is 1.40 bits per heavy atom. The minimum absolute atomic E-state index is 0. The van der Waals surface area contributed by atoms with Crippen LogP contribution in [0.2, 0.25) is 15.1 Å². The van der Waals surface area contributed by atoms with Crippen molar-refractivity contribution >= 4 is 197 Å². The van der Waals surface area contributed by atoms with Gasteiger partial charge in [0.05, 0.1) is 50.6 Å². The quantitative estimate of drug-likeness (QED) is 0.0246. The lowest BCUT2D eigenvalue weighted by molar-refractivity contribution is -0.128. The van der Waals surface area contributed by atoms with Gasteiger partial charge in [-0.1, -0.05) is 108 Å². The van der Waals surface area contributed by atoms with Crippen LogP contribution >= 0.6 is 117 Å². The summed E-state index contributed by atoms with van der Waals surface area (Å²) in [7, 11) is 0. The molecule has 506 valence electrons. The molecule has 3 aliphatic heterocycles. The van der Waals surface area contributed by atoms with Gasteiger partial charge >= 0.3 is 18.1 Å². The van der Waals surface area contributed by atoms with Gasteiger partial charge in [0, 0.05) is 111 Å². The Bertz CT molecular complexity index is 4550. The SMILES string of the molecule is BrP(Br)Br.Brc1cnc2cccnn12.C.C.C#CCCBr.C#CCCN1C(=O)NC(Cc2c[nH]c3c(Cl)cccc23)C1=O.C#CCCO.O=C1NC(=O)C(Cc2c[nH]c3c(Cl)cccc23)N1.O=C1NC(Cc2c[nH]c3c(Cl)cccc23)C(=O)N1CCC#Cc1cnc2cccnn12. The number of alkyl halides is 1. The molecule has 0 aliphatic carbocycles. The van der Waals surface area contributed by atoms with Crippen LogP contribution in [-0.2, 0) is 33.6 Å². The Hall–Kier alpha value is -7.76. The molecule has 22 nitrogen and oxygen atoms in total. The third-order valence-electron chi connectivity index (χ3n) is 13.8. The van der Waals surface area contributed by atoms with Crippen LogP contribution in [0.1, 0.15) is 62.9 Å². The van der Waals surface area contributed by atoms with Crippen LogP contribution in [0.5, 0.6) is 0 Å². The summed E-state index contributed by atoms with van der Waals surface area (Å²) in [4.78, 5) is 91.8. The number of carbonyl (C=O) groups excluding carboxylic acids is 6. The number of carbonyl (C=O) groups is 6. The summed E-state index contributed by atoms with van der Waals surface area (Å²) < 4.78 is 4.06. The molecule has 10 aromatic rings. The predicted octanol–water partition coefficient (Wildman–Crippen LogP) is 14.2. The first-order valence-electron chi connectivity index (χ1n) is 28.4. The Morgan fingerprint density at radius 2 is 1.00 bits per heavy atom. The second-order valence-electron chi connectivity index (χ2n) is 19.9. The number of amides is 9. The molecule has 8 N–H and O–H groups in total. The lowest BCUT2D eigenvalue weighted by Crippen LogP contribution is -2.33. The Labute approximate surface area is 616 Å². The molecular weight excluding hydrogens is 1650 g/mol. The summed E-state index contributed by atoms with van der Waals surface area (Å²) in [5, 5.41) is 32.1. The normalized spacial score (nSPS) is 14.8. The number of imide groups is 3. The highest BCUT2D eigenvalue weighted by atomic mass is 80.0. The summed E-state index contributed by atoms with van der Waals surface area (Å²) in [6.07, 6.45) is 30.2. The van der Waals surface area contributed by atoms with Crippen molar-refractivity contribution in [2.24, 2.45) is 0 Å². The molecule has 3 atom stereocenters. The van der Waals surface area contributed by atoms with Crippen molar-refractivity contribution in [2.75, 3.05) is 25.0 Å². The van der Waals surface area contributed by atoms with E-state index in [0.29, 0.717) is 64.9 Å². The second-order valence-corrected chi connectivity index (χ2v) is 38.0. The van der Waals surface area contributed by atoms with E-state index < -0.39 is 30.2 Å². The van der Waals surface area contributed by atoms with Gasteiger partial charge in [0.2, 0.25) is 0 Å². The lowest BCUT2D eigenvalue weighted by Gasteiger charge is -2.10. The fourth-order valence-electron chi connectivity index (χ4n) is 9.48. The fraction of sp³-hybridized carbons (Fsp3) is 0.242. The van der Waals surface area contributed by atoms with Crippen molar-refractivity contribution in [3.05, 3.63) is 164 Å². The second kappa shape index (κ2) is 40.2. The Kier molecular flexibility index (Phi) is 33.1. The van der Waals surface area contributed by atoms with Gasteiger partial charge < -0.3 is 36.0 Å². The number of nitrogens with one attached hydrogen (secondary N) is 7. The van der Waals surface area contributed by atoms with Gasteiger partial charge in [-0.2, -0.15) is 10.2 Å². The molecule has 9 amide bonds. The van der Waals surface area contributed by atoms with Crippen molar-refractivity contribution < 1.29 is 33.9 Å². The number of fused-ring (bicyclic) bond motifs is 5. The summed E-state index contributed by atoms with van der Waals surface area (Å²) in [5.74, 6) is 12.4. The van der Waals surface area contributed by atoms with Crippen molar-refractivity contribution in [1.82, 2.24) is 75.2 Å². The van der Waals surface area contributed by atoms with E-state index >= 15 is 0 Å². The highest BCUT2D eigenvalue weighted by molar-refractivity contribution is 9.93. The first-order chi connectivity index (χ1) is 45.8. The minimum Gasteiger partial charge on any atom is -0.395 e. The number of imidazole rings is 2. The molecular formula is C66H64Br5Cl3N15O7P. The summed E-state index contributed by atoms with van der Waals surface area (Å²) >= 11 is 34.4. The molecule has 97 heavy (non-hydrogen) atoms. The van der Waals surface area contributed by atoms with Gasteiger partial charge in [-0.3, -0.25) is 29.5 Å². The molecule has 0 bridgehead atoms. The topological polar surface area (TPSA) is 285 Å². The standard InChI is InChI=1S/C22H17ClN6O2.C16H14ClN3O2.C12H10ClN3O2.C6H4BrN3.C4H5Br.C4H6O.2CH4.Br3P/c23-17-7-3-6-16-14(12-25-20(16)17)11-18-21(30)28(22(31)27-18)10-2-1-5-15-13-24-19-8-4-9-26-29(15)19;1-2-3-7-20-15(21)13(19-16(20)22)8-10-9-18-14-11(10)5-4-6-12(14)17;13-8-3-1-2-7-6(5-14-10(7)8)4-9-11(17)16-12(18)15-9;7-5-4-8-6-2-1-3-9-10(5)6;2*1-2-3-4-5;;;1-4(2)3/h3-4,6-9,12-13,18,25H,2,10-11H2,(H,27,31);1,4-6,9,13,18H,3,7-8H2,(H,19,22);1-3,5,9,14H,4H2,(H2,15,16,17,18);1-4H;1H,3-4H2;1,5H,3-4H2;2*1H4;. The number of rotatable bonds is 12. The molecule has 0 spiro atoms. The van der Waals surface area contributed by atoms with E-state index in [0.717, 1.165) is 71.4 Å². The molecule has 0 radical (unpaired) electrons. The maximum atomic E-state index is 12.8. The summed E-state index contributed by atoms with van der Waals surface area (Å²) in [5.41, 5.74) is 7.55. The van der Waals surface area contributed by atoms with Crippen molar-refractivity contribution in [2.45, 2.75) is 77.9 Å². The van der Waals surface area contributed by atoms with Gasteiger partial charge in [-0.25, -0.2) is 33.4 Å². The van der Waals surface area contributed by atoms with Crippen LogP contribution < -0.4 is 21.3 Å². The zero-order valence-corrected chi connectivity index (χ0v) is 60.8. The summed E-state index contributed by atoms with van der Waals surface area (Å²) in [6.45, 7) is 0.575. The van der Waals surface area contributed by atoms with Crippen molar-refractivity contribution in [3.63, 3.8) is 0 Å². The maximum absolute atomic E-state index is 12.8. The number of urea groups is 3. The predicted molar refractivity (Wildman–Crippen MR) is 403 cm³/mol. The number of halogens is 8. The monoisotopic (exact) mass is 1710 g/mol. The fourth-order valence-corrected chi connectivity index (χ4v) is 10.8. The van der Waals surface area contributed by atoms with Crippen LogP contribution in [0.3, 0.4) is 0 Å². The van der Waals surface area contributed by atoms with E-state index in [-0.39, 0.29) is 62.3 Å². The molecule has 3 aromatic carbocycles. The van der Waals surface area contributed by atoms with Crippen LogP contribution in [0, 0.1) is 48.9 Å². The number of aliphatic hydroxyl groups is 1. The third-order valence-corrected chi connectivity index (χ3v) is 15.6. The summed E-state index contributed by atoms with van der Waals surface area (Å²) in [6, 6.07) is 21.3. The Balaban J connectivity index is 0.000000227. The minimum atomic E-state index is -0.610. The number of aliphatic hydroxyl groups excluding tert-OH is 1. The van der Waals surface area contributed by atoms with Gasteiger partial charge in [0.25, 0.3) is 17.7 Å². The van der Waals surface area contributed by atoms with Crippen LogP contribution in [0.4, 0.5) is 14.4 Å². The molecule has 3 fully saturated rings. The van der Waals surface area contributed by atoms with Gasteiger partial charge in [-0.05, 0) is 127 Å². The van der Waals surface area contributed by atoms with Gasteiger partial charge in [-0.15, -0.1) is 37.0 Å². The first kappa shape index (κ1) is 79.9. The largest absolute Gasteiger partial charge is 0.395 e. The molecule has 7 aromatic heterocycles. The number of hydrogen-bond acceptors (Lipinski definition) is 11. The molecule has 3 saturated heterocycles. The van der Waals surface area contributed by atoms with Crippen LogP contribution in [-0.4, -0.2) is 138 Å². The molecule has 13 rings (SSSR count). The van der Waals surface area contributed by atoms with E-state index in [1.807, 2.05) is 73.2 Å². The van der Waals surface area contributed by atoms with Crippen molar-refractivity contribution in [1.29, 1.82) is 0 Å². The number of para-hydroxylation sites is 3. The number of benzene rings is 3. The van der Waals surface area contributed by atoms with Crippen LogP contribution in [0.25, 0.3) is 44.0 Å². The highest BCUT2D eigenvalue weighted by Crippen LogP contribution is 2.59. The van der Waals surface area contributed by atoms with Gasteiger partial charge in [0.1, 0.15) is 32.5 Å². The molecule has 31 heteroatoms. The molecule has 3 aliphatic rings. The number of H-pyrrole nitrogens is 3. The average Bonchev–Trinajstić information content (AvgIpc) is 1.68. The van der Waals surface area contributed by atoms with Crippen LogP contribution in [0.15, 0.2) is 127 Å². The number of hydrogen-bond donors (Lipinski definition) is 8. The maximum Gasteiger partial charge on any atom is 0.324 e.